The number of alkyl halides is 3. The average Bonchev–Trinajstić information content (AvgIpc) is 2.70. The normalized spacial score (nSPS) is 16.7. The first-order chi connectivity index (χ1) is 13.9. The Morgan fingerprint density at radius 3 is 2.38 bits per heavy atom. The minimum Gasteiger partial charge on any atom is -0.484 e. The highest BCUT2D eigenvalue weighted by molar-refractivity contribution is 5.79. The van der Waals surface area contributed by atoms with E-state index in [1.165, 1.54) is 12.1 Å². The Labute approximate surface area is 171 Å². The van der Waals surface area contributed by atoms with Crippen LogP contribution < -0.4 is 15.4 Å². The number of likely N-dealkylation sites (N-methyl/N-ethyl adjacent to an activating group) is 1. The quantitative estimate of drug-likeness (QED) is 0.368. The van der Waals surface area contributed by atoms with Gasteiger partial charge in [-0.3, -0.25) is 4.99 Å². The lowest BCUT2D eigenvalue weighted by atomic mass is 10.2. The third-order valence-electron chi connectivity index (χ3n) is 4.80. The summed E-state index contributed by atoms with van der Waals surface area (Å²) in [6.45, 7) is 5.80. The van der Waals surface area contributed by atoms with Gasteiger partial charge >= 0.3 is 6.18 Å². The second-order valence-electron chi connectivity index (χ2n) is 7.25. The number of unbranched alkanes of at least 4 members (excludes halogenated alkanes) is 1. The summed E-state index contributed by atoms with van der Waals surface area (Å²) in [7, 11) is 3.88. The van der Waals surface area contributed by atoms with Crippen molar-refractivity contribution in [2.45, 2.75) is 25.6 Å². The van der Waals surface area contributed by atoms with Crippen LogP contribution in [0.1, 0.15) is 18.4 Å². The molecule has 0 radical (unpaired) electrons. The van der Waals surface area contributed by atoms with Gasteiger partial charge in [-0.15, -0.1) is 0 Å². The maximum Gasteiger partial charge on any atom is 0.422 e. The number of hydrogen-bond donors (Lipinski definition) is 2. The van der Waals surface area contributed by atoms with Crippen LogP contribution in [0.5, 0.6) is 5.75 Å². The molecule has 0 bridgehead atoms. The molecule has 1 aliphatic heterocycles. The molecule has 164 valence electrons. The van der Waals surface area contributed by atoms with Gasteiger partial charge in [0, 0.05) is 46.3 Å². The van der Waals surface area contributed by atoms with Gasteiger partial charge < -0.3 is 25.2 Å². The van der Waals surface area contributed by atoms with Gasteiger partial charge in [-0.2, -0.15) is 13.2 Å². The third-order valence-corrected chi connectivity index (χ3v) is 4.80. The van der Waals surface area contributed by atoms with Gasteiger partial charge in [0.25, 0.3) is 0 Å². The Bertz CT molecular complexity index is 614. The number of hydrogen-bond acceptors (Lipinski definition) is 4. The molecular weight excluding hydrogens is 383 g/mol. The van der Waals surface area contributed by atoms with Gasteiger partial charge in [-0.25, -0.2) is 0 Å². The van der Waals surface area contributed by atoms with Crippen LogP contribution >= 0.6 is 0 Å². The molecule has 0 aromatic heterocycles. The van der Waals surface area contributed by atoms with Crippen molar-refractivity contribution in [1.82, 2.24) is 20.4 Å². The van der Waals surface area contributed by atoms with Crippen molar-refractivity contribution in [2.75, 3.05) is 60.0 Å². The fourth-order valence-electron chi connectivity index (χ4n) is 3.01. The predicted octanol–water partition coefficient (Wildman–Crippen LogP) is 2.32. The molecule has 0 unspecified atom stereocenters. The predicted molar refractivity (Wildman–Crippen MR) is 109 cm³/mol. The largest absolute Gasteiger partial charge is 0.484 e. The molecule has 6 nitrogen and oxygen atoms in total. The summed E-state index contributed by atoms with van der Waals surface area (Å²) in [4.78, 5) is 9.07. The summed E-state index contributed by atoms with van der Waals surface area (Å²) in [5.74, 6) is 0.913. The van der Waals surface area contributed by atoms with Crippen molar-refractivity contribution < 1.29 is 17.9 Å². The number of aliphatic imine (C=N–C) groups is 1. The zero-order valence-electron chi connectivity index (χ0n) is 17.3. The molecule has 1 saturated heterocycles. The molecule has 1 heterocycles. The van der Waals surface area contributed by atoms with E-state index in [0.29, 0.717) is 12.5 Å². The number of piperazine rings is 1. The Balaban J connectivity index is 1.59. The van der Waals surface area contributed by atoms with E-state index in [1.807, 2.05) is 0 Å². The van der Waals surface area contributed by atoms with Crippen LogP contribution in [0.2, 0.25) is 0 Å². The molecule has 0 aliphatic carbocycles. The molecule has 9 heteroatoms. The summed E-state index contributed by atoms with van der Waals surface area (Å²) in [6.07, 6.45) is -2.12. The lowest BCUT2D eigenvalue weighted by Crippen LogP contribution is -2.44. The lowest BCUT2D eigenvalue weighted by Gasteiger charge is -2.32. The van der Waals surface area contributed by atoms with Gasteiger partial charge in [0.15, 0.2) is 12.6 Å². The van der Waals surface area contributed by atoms with Crippen molar-refractivity contribution in [3.05, 3.63) is 29.8 Å². The Morgan fingerprint density at radius 1 is 1.07 bits per heavy atom. The van der Waals surface area contributed by atoms with E-state index in [9.17, 15) is 13.2 Å². The second kappa shape index (κ2) is 11.9. The molecule has 0 atom stereocenters. The zero-order valence-corrected chi connectivity index (χ0v) is 17.3. The lowest BCUT2D eigenvalue weighted by molar-refractivity contribution is -0.153. The summed E-state index contributed by atoms with van der Waals surface area (Å²) >= 11 is 0. The van der Waals surface area contributed by atoms with Crippen molar-refractivity contribution in [1.29, 1.82) is 0 Å². The van der Waals surface area contributed by atoms with E-state index >= 15 is 0 Å². The molecule has 1 fully saturated rings. The van der Waals surface area contributed by atoms with Crippen LogP contribution in [-0.2, 0) is 6.54 Å². The molecule has 1 aromatic rings. The maximum absolute atomic E-state index is 12.2. The number of nitrogens with one attached hydrogen (secondary N) is 2. The summed E-state index contributed by atoms with van der Waals surface area (Å²) < 4.78 is 41.2. The minimum absolute atomic E-state index is 0.203. The number of nitrogens with zero attached hydrogens (tertiary/aromatic N) is 3. The smallest absolute Gasteiger partial charge is 0.422 e. The van der Waals surface area contributed by atoms with Gasteiger partial charge in [0.2, 0.25) is 0 Å². The number of benzene rings is 1. The summed E-state index contributed by atoms with van der Waals surface area (Å²) in [6, 6.07) is 6.55. The van der Waals surface area contributed by atoms with Crippen molar-refractivity contribution >= 4 is 5.96 Å². The van der Waals surface area contributed by atoms with E-state index in [1.54, 1.807) is 19.2 Å². The molecule has 2 N–H and O–H groups in total. The fourth-order valence-corrected chi connectivity index (χ4v) is 3.01. The van der Waals surface area contributed by atoms with E-state index in [2.05, 4.69) is 32.5 Å². The molecular formula is C20H32F3N5O. The first kappa shape index (κ1) is 23.3. The van der Waals surface area contributed by atoms with Crippen LogP contribution in [0.25, 0.3) is 0 Å². The van der Waals surface area contributed by atoms with Crippen molar-refractivity contribution in [3.63, 3.8) is 0 Å². The molecule has 1 aliphatic rings. The van der Waals surface area contributed by atoms with Crippen LogP contribution in [0.3, 0.4) is 0 Å². The first-order valence-electron chi connectivity index (χ1n) is 9.99. The number of guanidine groups is 1. The van der Waals surface area contributed by atoms with Crippen LogP contribution in [0, 0.1) is 0 Å². The van der Waals surface area contributed by atoms with Gasteiger partial charge in [-0.1, -0.05) is 12.1 Å². The topological polar surface area (TPSA) is 52.1 Å². The monoisotopic (exact) mass is 415 g/mol. The molecule has 0 saturated carbocycles. The second-order valence-corrected chi connectivity index (χ2v) is 7.25. The Hall–Kier alpha value is -2.00. The number of ether oxygens (including phenoxy) is 1. The zero-order chi connectivity index (χ0) is 21.1. The number of rotatable bonds is 9. The first-order valence-corrected chi connectivity index (χ1v) is 9.99. The molecule has 0 amide bonds. The highest BCUT2D eigenvalue weighted by Gasteiger charge is 2.28. The van der Waals surface area contributed by atoms with Gasteiger partial charge in [0.1, 0.15) is 5.75 Å². The maximum atomic E-state index is 12.2. The van der Waals surface area contributed by atoms with Crippen LogP contribution in [0.15, 0.2) is 29.3 Å². The van der Waals surface area contributed by atoms with E-state index in [-0.39, 0.29) is 5.75 Å². The molecule has 0 spiro atoms. The average molecular weight is 416 g/mol. The third kappa shape index (κ3) is 9.85. The van der Waals surface area contributed by atoms with Crippen molar-refractivity contribution in [3.8, 4) is 5.75 Å². The van der Waals surface area contributed by atoms with Crippen LogP contribution in [-0.4, -0.2) is 81.9 Å². The standard InChI is InChI=1S/C20H32F3N5O/c1-24-19(25-9-3-4-10-28-13-11-27(2)12-14-28)26-15-17-5-7-18(8-6-17)29-16-20(21,22)23/h5-8H,3-4,9-16H2,1-2H3,(H2,24,25,26). The highest BCUT2D eigenvalue weighted by atomic mass is 19.4. The summed E-state index contributed by atoms with van der Waals surface area (Å²) in [5, 5.41) is 6.50. The highest BCUT2D eigenvalue weighted by Crippen LogP contribution is 2.18. The fraction of sp³-hybridized carbons (Fsp3) is 0.650. The summed E-state index contributed by atoms with van der Waals surface area (Å²) in [5.41, 5.74) is 0.933. The molecule has 1 aromatic carbocycles. The Morgan fingerprint density at radius 2 is 1.76 bits per heavy atom. The van der Waals surface area contributed by atoms with E-state index in [0.717, 1.165) is 57.7 Å². The minimum atomic E-state index is -4.33. The van der Waals surface area contributed by atoms with Gasteiger partial charge in [0.05, 0.1) is 0 Å². The molecule has 2 rings (SSSR count). The number of halogens is 3. The van der Waals surface area contributed by atoms with Gasteiger partial charge in [-0.05, 0) is 44.1 Å². The van der Waals surface area contributed by atoms with E-state index < -0.39 is 12.8 Å². The SMILES string of the molecule is CN=C(NCCCCN1CCN(C)CC1)NCc1ccc(OCC(F)(F)F)cc1. The van der Waals surface area contributed by atoms with Crippen molar-refractivity contribution in [2.24, 2.45) is 4.99 Å². The van der Waals surface area contributed by atoms with E-state index in [4.69, 9.17) is 4.74 Å². The Kier molecular flexibility index (Phi) is 9.53. The van der Waals surface area contributed by atoms with Crippen LogP contribution in [0.4, 0.5) is 13.2 Å². The molecule has 29 heavy (non-hydrogen) atoms.